The Balaban J connectivity index is 1.74. The van der Waals surface area contributed by atoms with Crippen LogP contribution in [-0.4, -0.2) is 35.6 Å². The summed E-state index contributed by atoms with van der Waals surface area (Å²) in [5, 5.41) is 15.1. The fraction of sp³-hybridized carbons (Fsp3) is 0.294. The maximum absolute atomic E-state index is 11.9. The van der Waals surface area contributed by atoms with Crippen LogP contribution < -0.4 is 10.6 Å². The van der Waals surface area contributed by atoms with Crippen molar-refractivity contribution in [2.24, 2.45) is 0 Å². The number of aliphatic hydroxyl groups is 1. The van der Waals surface area contributed by atoms with Crippen LogP contribution in [0.5, 0.6) is 0 Å². The third-order valence-electron chi connectivity index (χ3n) is 3.35. The molecule has 2 unspecified atom stereocenters. The molecule has 122 valence electrons. The number of hydrogen-bond donors (Lipinski definition) is 3. The highest BCUT2D eigenvalue weighted by molar-refractivity contribution is 5.97. The van der Waals surface area contributed by atoms with E-state index in [9.17, 15) is 14.7 Å². The first-order valence-corrected chi connectivity index (χ1v) is 7.39. The van der Waals surface area contributed by atoms with Crippen LogP contribution in [0.2, 0.25) is 0 Å². The molecule has 2 atom stereocenters. The fourth-order valence-corrected chi connectivity index (χ4v) is 2.07. The van der Waals surface area contributed by atoms with Crippen molar-refractivity contribution in [1.82, 2.24) is 10.6 Å². The number of carbonyl (C=O) groups excluding carboxylic acids is 2. The lowest BCUT2D eigenvalue weighted by Gasteiger charge is -2.16. The van der Waals surface area contributed by atoms with Crippen LogP contribution in [0.15, 0.2) is 53.3 Å². The maximum atomic E-state index is 11.9. The Morgan fingerprint density at radius 3 is 2.61 bits per heavy atom. The Kier molecular flexibility index (Phi) is 5.94. The van der Waals surface area contributed by atoms with Crippen molar-refractivity contribution in [3.8, 4) is 0 Å². The van der Waals surface area contributed by atoms with Crippen molar-refractivity contribution in [2.75, 3.05) is 6.54 Å². The quantitative estimate of drug-likeness (QED) is 0.714. The van der Waals surface area contributed by atoms with Gasteiger partial charge >= 0.3 is 0 Å². The highest BCUT2D eigenvalue weighted by atomic mass is 16.3. The lowest BCUT2D eigenvalue weighted by molar-refractivity contribution is -0.123. The molecule has 6 nitrogen and oxygen atoms in total. The molecular formula is C17H20N2O4. The van der Waals surface area contributed by atoms with Gasteiger partial charge in [0.05, 0.1) is 17.9 Å². The van der Waals surface area contributed by atoms with E-state index >= 15 is 0 Å². The summed E-state index contributed by atoms with van der Waals surface area (Å²) in [6, 6.07) is 10.3. The molecule has 1 heterocycles. The summed E-state index contributed by atoms with van der Waals surface area (Å²) in [5.74, 6) is -0.736. The fourth-order valence-electron chi connectivity index (χ4n) is 2.07. The maximum Gasteiger partial charge on any atom is 0.255 e. The van der Waals surface area contributed by atoms with Gasteiger partial charge in [-0.1, -0.05) is 30.3 Å². The molecule has 0 bridgehead atoms. The van der Waals surface area contributed by atoms with E-state index in [1.165, 1.54) is 18.6 Å². The zero-order chi connectivity index (χ0) is 16.7. The second kappa shape index (κ2) is 8.14. The molecule has 1 aromatic heterocycles. The first-order chi connectivity index (χ1) is 11.1. The van der Waals surface area contributed by atoms with Gasteiger partial charge in [-0.3, -0.25) is 9.59 Å². The summed E-state index contributed by atoms with van der Waals surface area (Å²) in [6.07, 6.45) is 2.47. The summed E-state index contributed by atoms with van der Waals surface area (Å²) in [5.41, 5.74) is 1.35. The molecule has 2 rings (SSSR count). The van der Waals surface area contributed by atoms with E-state index in [0.29, 0.717) is 12.0 Å². The Morgan fingerprint density at radius 2 is 1.96 bits per heavy atom. The van der Waals surface area contributed by atoms with Crippen LogP contribution in [-0.2, 0) is 11.2 Å². The van der Waals surface area contributed by atoms with E-state index in [-0.39, 0.29) is 18.4 Å². The number of amides is 2. The van der Waals surface area contributed by atoms with E-state index in [2.05, 4.69) is 10.6 Å². The molecule has 0 saturated heterocycles. The van der Waals surface area contributed by atoms with Gasteiger partial charge in [-0.15, -0.1) is 0 Å². The van der Waals surface area contributed by atoms with Crippen molar-refractivity contribution < 1.29 is 19.1 Å². The van der Waals surface area contributed by atoms with Gasteiger partial charge < -0.3 is 20.2 Å². The minimum atomic E-state index is -0.707. The van der Waals surface area contributed by atoms with Crippen LogP contribution in [0.4, 0.5) is 0 Å². The number of aliphatic hydroxyl groups excluding tert-OH is 1. The zero-order valence-corrected chi connectivity index (χ0v) is 12.9. The molecule has 2 amide bonds. The SMILES string of the molecule is CC(NC(=O)c1ccoc1)C(=O)NCC(O)Cc1ccccc1. The normalized spacial score (nSPS) is 13.1. The molecule has 2 aromatic rings. The van der Waals surface area contributed by atoms with Gasteiger partial charge in [-0.25, -0.2) is 0 Å². The third-order valence-corrected chi connectivity index (χ3v) is 3.35. The van der Waals surface area contributed by atoms with E-state index in [1.54, 1.807) is 6.92 Å². The molecule has 0 aliphatic heterocycles. The van der Waals surface area contributed by atoms with Crippen LogP contribution >= 0.6 is 0 Å². The van der Waals surface area contributed by atoms with E-state index in [0.717, 1.165) is 5.56 Å². The average Bonchev–Trinajstić information content (AvgIpc) is 3.08. The molecule has 0 aliphatic carbocycles. The lowest BCUT2D eigenvalue weighted by atomic mass is 10.1. The third kappa shape index (κ3) is 5.27. The van der Waals surface area contributed by atoms with Crippen molar-refractivity contribution in [2.45, 2.75) is 25.5 Å². The van der Waals surface area contributed by atoms with E-state index < -0.39 is 12.1 Å². The second-order valence-corrected chi connectivity index (χ2v) is 5.30. The van der Waals surface area contributed by atoms with Gasteiger partial charge in [0.2, 0.25) is 5.91 Å². The van der Waals surface area contributed by atoms with Crippen molar-refractivity contribution in [3.63, 3.8) is 0 Å². The van der Waals surface area contributed by atoms with Crippen LogP contribution in [0.3, 0.4) is 0 Å². The minimum Gasteiger partial charge on any atom is -0.472 e. The first kappa shape index (κ1) is 16.8. The molecular weight excluding hydrogens is 296 g/mol. The molecule has 3 N–H and O–H groups in total. The number of hydrogen-bond acceptors (Lipinski definition) is 4. The van der Waals surface area contributed by atoms with E-state index in [4.69, 9.17) is 4.42 Å². The largest absolute Gasteiger partial charge is 0.472 e. The van der Waals surface area contributed by atoms with Crippen molar-refractivity contribution in [1.29, 1.82) is 0 Å². The Morgan fingerprint density at radius 1 is 1.22 bits per heavy atom. The molecule has 0 aliphatic rings. The smallest absolute Gasteiger partial charge is 0.255 e. The van der Waals surface area contributed by atoms with Gasteiger partial charge in [-0.2, -0.15) is 0 Å². The highest BCUT2D eigenvalue weighted by Crippen LogP contribution is 2.03. The van der Waals surface area contributed by atoms with Crippen molar-refractivity contribution >= 4 is 11.8 Å². The predicted molar refractivity (Wildman–Crippen MR) is 84.8 cm³/mol. The standard InChI is InChI=1S/C17H20N2O4/c1-12(19-17(22)14-7-8-23-11-14)16(21)18-10-15(20)9-13-5-3-2-4-6-13/h2-8,11-12,15,20H,9-10H2,1H3,(H,18,21)(H,19,22). The summed E-state index contributed by atoms with van der Waals surface area (Å²) in [7, 11) is 0. The lowest BCUT2D eigenvalue weighted by Crippen LogP contribution is -2.46. The topological polar surface area (TPSA) is 91.6 Å². The van der Waals surface area contributed by atoms with Gasteiger partial charge in [0.1, 0.15) is 12.3 Å². The van der Waals surface area contributed by atoms with Gasteiger partial charge in [0, 0.05) is 13.0 Å². The molecule has 1 aromatic carbocycles. The zero-order valence-electron chi connectivity index (χ0n) is 12.9. The molecule has 0 radical (unpaired) electrons. The van der Waals surface area contributed by atoms with Crippen LogP contribution in [0.25, 0.3) is 0 Å². The van der Waals surface area contributed by atoms with Gasteiger partial charge in [0.25, 0.3) is 5.91 Å². The number of rotatable bonds is 7. The molecule has 0 spiro atoms. The van der Waals surface area contributed by atoms with Gasteiger partial charge in [-0.05, 0) is 18.6 Å². The number of benzene rings is 1. The second-order valence-electron chi connectivity index (χ2n) is 5.30. The average molecular weight is 316 g/mol. The van der Waals surface area contributed by atoms with E-state index in [1.807, 2.05) is 30.3 Å². The Bertz CT molecular complexity index is 625. The van der Waals surface area contributed by atoms with Gasteiger partial charge in [0.15, 0.2) is 0 Å². The minimum absolute atomic E-state index is 0.125. The summed E-state index contributed by atoms with van der Waals surface area (Å²) >= 11 is 0. The Hall–Kier alpha value is -2.60. The number of furan rings is 1. The highest BCUT2D eigenvalue weighted by Gasteiger charge is 2.18. The first-order valence-electron chi connectivity index (χ1n) is 7.39. The molecule has 0 fully saturated rings. The Labute approximate surface area is 134 Å². The van der Waals surface area contributed by atoms with Crippen LogP contribution in [0, 0.1) is 0 Å². The molecule has 23 heavy (non-hydrogen) atoms. The number of nitrogens with one attached hydrogen (secondary N) is 2. The van der Waals surface area contributed by atoms with Crippen LogP contribution in [0.1, 0.15) is 22.8 Å². The summed E-state index contributed by atoms with van der Waals surface area (Å²) in [4.78, 5) is 23.7. The monoisotopic (exact) mass is 316 g/mol. The molecule has 0 saturated carbocycles. The van der Waals surface area contributed by atoms with Crippen molar-refractivity contribution in [3.05, 3.63) is 60.1 Å². The number of carbonyl (C=O) groups is 2. The molecule has 6 heteroatoms. The summed E-state index contributed by atoms with van der Waals surface area (Å²) < 4.78 is 4.82. The summed E-state index contributed by atoms with van der Waals surface area (Å²) in [6.45, 7) is 1.70. The predicted octanol–water partition coefficient (Wildman–Crippen LogP) is 1.12.